The molecule has 6 heteroatoms. The number of ether oxygens (including phenoxy) is 1. The number of hydrogen-bond donors (Lipinski definition) is 2. The van der Waals surface area contributed by atoms with Gasteiger partial charge in [0.05, 0.1) is 6.10 Å². The maximum absolute atomic E-state index is 11.3. The van der Waals surface area contributed by atoms with E-state index in [1.807, 2.05) is 66.7 Å². The van der Waals surface area contributed by atoms with Gasteiger partial charge in [0.2, 0.25) is 0 Å². The van der Waals surface area contributed by atoms with E-state index < -0.39 is 38.2 Å². The van der Waals surface area contributed by atoms with Crippen molar-refractivity contribution in [3.8, 4) is 0 Å². The van der Waals surface area contributed by atoms with E-state index in [2.05, 4.69) is 45.0 Å². The van der Waals surface area contributed by atoms with E-state index in [0.29, 0.717) is 0 Å². The summed E-state index contributed by atoms with van der Waals surface area (Å²) in [7, 11) is -2.95. The quantitative estimate of drug-likeness (QED) is 0.503. The molecule has 180 valence electrons. The van der Waals surface area contributed by atoms with Crippen molar-refractivity contribution in [2.75, 3.05) is 0 Å². The standard InChI is InChI=1S/C28H34O4SSi/c1-20-24(29)25(30)26(27(31-20)33-21-14-8-5-9-15-21)32-34(28(2,3)4,22-16-10-6-11-17-22)23-18-12-7-13-19-23/h5-20,24-27,29-30H,1-4H3/t20-,24+,25+,26-,27+/m0/s1. The summed E-state index contributed by atoms with van der Waals surface area (Å²) in [6, 6.07) is 30.7. The zero-order valence-corrected chi connectivity index (χ0v) is 22.0. The first-order valence-corrected chi connectivity index (χ1v) is 14.5. The fourth-order valence-corrected chi connectivity index (χ4v) is 10.7. The normalized spacial score (nSPS) is 25.8. The van der Waals surface area contributed by atoms with E-state index in [4.69, 9.17) is 9.16 Å². The van der Waals surface area contributed by atoms with Crippen LogP contribution >= 0.6 is 11.8 Å². The lowest BCUT2D eigenvalue weighted by molar-refractivity contribution is -0.187. The Bertz CT molecular complexity index is 1000. The van der Waals surface area contributed by atoms with Crippen LogP contribution < -0.4 is 10.4 Å². The molecule has 0 saturated carbocycles. The molecule has 4 nitrogen and oxygen atoms in total. The molecule has 0 radical (unpaired) electrons. The van der Waals surface area contributed by atoms with Gasteiger partial charge in [-0.3, -0.25) is 0 Å². The van der Waals surface area contributed by atoms with Gasteiger partial charge in [-0.05, 0) is 34.5 Å². The lowest BCUT2D eigenvalue weighted by atomic mass is 10.0. The van der Waals surface area contributed by atoms with Crippen LogP contribution in [0.2, 0.25) is 5.04 Å². The summed E-state index contributed by atoms with van der Waals surface area (Å²) in [5, 5.41) is 24.1. The van der Waals surface area contributed by atoms with Crippen molar-refractivity contribution >= 4 is 30.5 Å². The predicted octanol–water partition coefficient (Wildman–Crippen LogP) is 4.19. The smallest absolute Gasteiger partial charge is 0.261 e. The van der Waals surface area contributed by atoms with E-state index >= 15 is 0 Å². The van der Waals surface area contributed by atoms with Crippen LogP contribution in [0.25, 0.3) is 0 Å². The highest BCUT2D eigenvalue weighted by molar-refractivity contribution is 7.99. The van der Waals surface area contributed by atoms with Crippen LogP contribution in [0, 0.1) is 0 Å². The molecule has 1 aliphatic heterocycles. The molecule has 3 aromatic rings. The minimum atomic E-state index is -2.95. The second kappa shape index (κ2) is 10.4. The van der Waals surface area contributed by atoms with Crippen LogP contribution in [-0.2, 0) is 9.16 Å². The molecule has 5 atom stereocenters. The fraction of sp³-hybridized carbons (Fsp3) is 0.357. The first kappa shape index (κ1) is 25.2. The first-order chi connectivity index (χ1) is 16.2. The Morgan fingerprint density at radius 3 is 1.71 bits per heavy atom. The Morgan fingerprint density at radius 1 is 0.765 bits per heavy atom. The molecule has 1 aliphatic rings. The van der Waals surface area contributed by atoms with Gasteiger partial charge in [-0.15, -0.1) is 0 Å². The summed E-state index contributed by atoms with van der Waals surface area (Å²) in [5.74, 6) is 0. The summed E-state index contributed by atoms with van der Waals surface area (Å²) in [6.45, 7) is 8.40. The molecule has 0 spiro atoms. The number of aliphatic hydroxyl groups is 2. The number of hydrogen-bond acceptors (Lipinski definition) is 5. The van der Waals surface area contributed by atoms with E-state index in [-0.39, 0.29) is 5.04 Å². The third-order valence-electron chi connectivity index (χ3n) is 6.51. The van der Waals surface area contributed by atoms with Crippen molar-refractivity contribution in [2.24, 2.45) is 0 Å². The third kappa shape index (κ3) is 4.89. The number of thioether (sulfide) groups is 1. The van der Waals surface area contributed by atoms with Gasteiger partial charge < -0.3 is 19.4 Å². The van der Waals surface area contributed by atoms with Gasteiger partial charge in [-0.25, -0.2) is 0 Å². The maximum atomic E-state index is 11.3. The minimum Gasteiger partial charge on any atom is -0.398 e. The fourth-order valence-electron chi connectivity index (χ4n) is 4.75. The predicted molar refractivity (Wildman–Crippen MR) is 141 cm³/mol. The van der Waals surface area contributed by atoms with Gasteiger partial charge in [-0.2, -0.15) is 0 Å². The van der Waals surface area contributed by atoms with Crippen molar-refractivity contribution in [3.63, 3.8) is 0 Å². The highest BCUT2D eigenvalue weighted by Crippen LogP contribution is 2.42. The second-order valence-electron chi connectivity index (χ2n) is 9.87. The number of aliphatic hydroxyl groups excluding tert-OH is 2. The molecular weight excluding hydrogens is 460 g/mol. The molecule has 34 heavy (non-hydrogen) atoms. The highest BCUT2D eigenvalue weighted by Gasteiger charge is 2.55. The molecule has 0 aliphatic carbocycles. The largest absolute Gasteiger partial charge is 0.398 e. The average molecular weight is 495 g/mol. The minimum absolute atomic E-state index is 0.259. The molecule has 0 unspecified atom stereocenters. The molecule has 1 saturated heterocycles. The second-order valence-corrected chi connectivity index (χ2v) is 15.3. The SMILES string of the molecule is C[C@@H]1O[C@H](Sc2ccccc2)[C@@H](O[Si](c2ccccc2)(c2ccccc2)C(C)(C)C)[C@H](O)[C@@H]1O. The number of benzene rings is 3. The van der Waals surface area contributed by atoms with Crippen molar-refractivity contribution in [2.45, 2.75) is 67.5 Å². The molecule has 4 rings (SSSR count). The zero-order chi connectivity index (χ0) is 24.3. The molecule has 3 aromatic carbocycles. The van der Waals surface area contributed by atoms with Crippen molar-refractivity contribution in [1.29, 1.82) is 0 Å². The zero-order valence-electron chi connectivity index (χ0n) is 20.2. The molecular formula is C28H34O4SSi. The van der Waals surface area contributed by atoms with Crippen LogP contribution in [0.1, 0.15) is 27.7 Å². The van der Waals surface area contributed by atoms with Crippen LogP contribution in [0.15, 0.2) is 95.9 Å². The Kier molecular flexibility index (Phi) is 7.67. The average Bonchev–Trinajstić information content (AvgIpc) is 2.84. The van der Waals surface area contributed by atoms with Crippen LogP contribution in [0.4, 0.5) is 0 Å². The molecule has 1 heterocycles. The molecule has 0 bridgehead atoms. The summed E-state index contributed by atoms with van der Waals surface area (Å²) >= 11 is 1.53. The van der Waals surface area contributed by atoms with Crippen LogP contribution in [0.5, 0.6) is 0 Å². The van der Waals surface area contributed by atoms with E-state index in [1.165, 1.54) is 11.8 Å². The molecule has 1 fully saturated rings. The number of rotatable bonds is 6. The van der Waals surface area contributed by atoms with Crippen molar-refractivity contribution < 1.29 is 19.4 Å². The Hall–Kier alpha value is -1.93. The lowest BCUT2D eigenvalue weighted by Crippen LogP contribution is -2.71. The maximum Gasteiger partial charge on any atom is 0.261 e. The van der Waals surface area contributed by atoms with Crippen LogP contribution in [-0.4, -0.2) is 48.4 Å². The Morgan fingerprint density at radius 2 is 1.24 bits per heavy atom. The first-order valence-electron chi connectivity index (χ1n) is 11.8. The molecule has 0 aromatic heterocycles. The lowest BCUT2D eigenvalue weighted by Gasteiger charge is -2.49. The summed E-state index contributed by atoms with van der Waals surface area (Å²) in [4.78, 5) is 1.03. The van der Waals surface area contributed by atoms with Gasteiger partial charge in [0.15, 0.2) is 0 Å². The summed E-state index contributed by atoms with van der Waals surface area (Å²) in [6.07, 6.45) is -3.33. The van der Waals surface area contributed by atoms with E-state index in [1.54, 1.807) is 6.92 Å². The molecule has 0 amide bonds. The van der Waals surface area contributed by atoms with Crippen LogP contribution in [0.3, 0.4) is 0 Å². The topological polar surface area (TPSA) is 58.9 Å². The van der Waals surface area contributed by atoms with Gasteiger partial charge in [-0.1, -0.05) is 111 Å². The van der Waals surface area contributed by atoms with Gasteiger partial charge >= 0.3 is 0 Å². The van der Waals surface area contributed by atoms with E-state index in [0.717, 1.165) is 15.3 Å². The Labute approximate surface area is 208 Å². The summed E-state index contributed by atoms with van der Waals surface area (Å²) < 4.78 is 13.5. The highest BCUT2D eigenvalue weighted by atomic mass is 32.2. The van der Waals surface area contributed by atoms with Gasteiger partial charge in [0.1, 0.15) is 23.7 Å². The Balaban J connectivity index is 1.84. The molecule has 2 N–H and O–H groups in total. The summed E-state index contributed by atoms with van der Waals surface area (Å²) in [5.41, 5.74) is -0.475. The van der Waals surface area contributed by atoms with Crippen molar-refractivity contribution in [3.05, 3.63) is 91.0 Å². The van der Waals surface area contributed by atoms with E-state index in [9.17, 15) is 10.2 Å². The van der Waals surface area contributed by atoms with Gasteiger partial charge in [0.25, 0.3) is 8.32 Å². The van der Waals surface area contributed by atoms with Crippen molar-refractivity contribution in [1.82, 2.24) is 0 Å². The third-order valence-corrected chi connectivity index (χ3v) is 12.7. The monoisotopic (exact) mass is 494 g/mol. The van der Waals surface area contributed by atoms with Gasteiger partial charge in [0, 0.05) is 4.90 Å².